The minimum Gasteiger partial charge on any atom is -0.487 e. The Morgan fingerprint density at radius 1 is 0.688 bits per heavy atom. The van der Waals surface area contributed by atoms with Crippen molar-refractivity contribution >= 4 is 54.2 Å². The number of thiophene rings is 2. The van der Waals surface area contributed by atoms with Gasteiger partial charge in [-0.25, -0.2) is 4.98 Å². The third-order valence-electron chi connectivity index (χ3n) is 5.63. The van der Waals surface area contributed by atoms with Crippen LogP contribution in [0, 0.1) is 6.92 Å². The highest BCUT2D eigenvalue weighted by Gasteiger charge is 2.25. The zero-order chi connectivity index (χ0) is 21.7. The monoisotopic (exact) mass is 469 g/mol. The molecule has 32 heavy (non-hydrogen) atoms. The zero-order valence-electron chi connectivity index (χ0n) is 17.6. The van der Waals surface area contributed by atoms with Crippen molar-refractivity contribution in [3.05, 3.63) is 83.7 Å². The smallest absolute Gasteiger partial charge is 0.182 e. The van der Waals surface area contributed by atoms with E-state index in [0.29, 0.717) is 0 Å². The topological polar surface area (TPSA) is 22.1 Å². The van der Waals surface area contributed by atoms with Gasteiger partial charge in [-0.2, -0.15) is 0 Å². The zero-order valence-corrected chi connectivity index (χ0v) is 20.0. The average molecular weight is 470 g/mol. The van der Waals surface area contributed by atoms with Crippen LogP contribution in [0.4, 0.5) is 0 Å². The molecule has 2 nitrogen and oxygen atoms in total. The first-order chi connectivity index (χ1) is 15.7. The summed E-state index contributed by atoms with van der Waals surface area (Å²) in [6, 6.07) is 27.6. The second-order valence-corrected chi connectivity index (χ2v) is 10.8. The Morgan fingerprint density at radius 2 is 1.31 bits per heavy atom. The summed E-state index contributed by atoms with van der Waals surface area (Å²) in [5.41, 5.74) is 4.64. The van der Waals surface area contributed by atoms with Crippen molar-refractivity contribution in [3.8, 4) is 37.3 Å². The molecule has 5 heteroatoms. The molecule has 0 fully saturated rings. The van der Waals surface area contributed by atoms with Crippen molar-refractivity contribution in [2.24, 2.45) is 0 Å². The predicted molar refractivity (Wildman–Crippen MR) is 140 cm³/mol. The molecule has 0 atom stereocenters. The van der Waals surface area contributed by atoms with Crippen LogP contribution in [0.15, 0.2) is 78.9 Å². The molecule has 0 amide bonds. The number of aryl methyl sites for hydroxylation is 1. The van der Waals surface area contributed by atoms with Gasteiger partial charge in [-0.3, -0.25) is 0 Å². The molecule has 0 radical (unpaired) electrons. The number of hydrogen-bond acceptors (Lipinski definition) is 5. The SMILES string of the molecule is COc1sc2ccccc2c1-c1c(-c2nc(-c3ccccc3)sc2C)sc2ccccc12. The van der Waals surface area contributed by atoms with Crippen LogP contribution in [0.5, 0.6) is 5.06 Å². The number of aromatic nitrogens is 1. The normalized spacial score (nSPS) is 11.4. The van der Waals surface area contributed by atoms with E-state index in [1.54, 1.807) is 29.8 Å². The molecule has 0 spiro atoms. The summed E-state index contributed by atoms with van der Waals surface area (Å²) in [6.07, 6.45) is 0. The van der Waals surface area contributed by atoms with Crippen LogP contribution in [0.25, 0.3) is 52.4 Å². The highest BCUT2D eigenvalue weighted by Crippen LogP contribution is 2.53. The van der Waals surface area contributed by atoms with Gasteiger partial charge in [0.1, 0.15) is 5.01 Å². The van der Waals surface area contributed by atoms with Crippen LogP contribution in [-0.2, 0) is 0 Å². The lowest BCUT2D eigenvalue weighted by Crippen LogP contribution is -1.86. The van der Waals surface area contributed by atoms with Crippen molar-refractivity contribution in [3.63, 3.8) is 0 Å². The van der Waals surface area contributed by atoms with E-state index < -0.39 is 0 Å². The molecule has 0 aliphatic carbocycles. The fraction of sp³-hybridized carbons (Fsp3) is 0.0741. The first-order valence-corrected chi connectivity index (χ1v) is 12.8. The van der Waals surface area contributed by atoms with E-state index in [9.17, 15) is 0 Å². The molecule has 3 heterocycles. The molecule has 0 N–H and O–H groups in total. The van der Waals surface area contributed by atoms with Gasteiger partial charge < -0.3 is 4.74 Å². The first kappa shape index (κ1) is 19.7. The molecular formula is C27H19NOS3. The molecule has 0 saturated heterocycles. The fourth-order valence-electron chi connectivity index (χ4n) is 4.18. The number of rotatable bonds is 4. The number of fused-ring (bicyclic) bond motifs is 2. The Morgan fingerprint density at radius 3 is 2.03 bits per heavy atom. The van der Waals surface area contributed by atoms with Crippen LogP contribution in [0.2, 0.25) is 0 Å². The largest absolute Gasteiger partial charge is 0.487 e. The van der Waals surface area contributed by atoms with Crippen molar-refractivity contribution < 1.29 is 4.74 Å². The molecule has 0 saturated carbocycles. The maximum Gasteiger partial charge on any atom is 0.182 e. The van der Waals surface area contributed by atoms with Gasteiger partial charge in [0.2, 0.25) is 0 Å². The highest BCUT2D eigenvalue weighted by atomic mass is 32.1. The summed E-state index contributed by atoms with van der Waals surface area (Å²) in [5.74, 6) is 0. The van der Waals surface area contributed by atoms with E-state index in [1.165, 1.54) is 41.1 Å². The van der Waals surface area contributed by atoms with Crippen LogP contribution >= 0.6 is 34.0 Å². The van der Waals surface area contributed by atoms with Gasteiger partial charge >= 0.3 is 0 Å². The number of methoxy groups -OCH3 is 1. The third kappa shape index (κ3) is 3.08. The van der Waals surface area contributed by atoms with Gasteiger partial charge in [-0.05, 0) is 19.1 Å². The summed E-state index contributed by atoms with van der Waals surface area (Å²) >= 11 is 5.28. The Bertz CT molecular complexity index is 1570. The Balaban J connectivity index is 1.67. The number of nitrogens with zero attached hydrogens (tertiary/aromatic N) is 1. The van der Waals surface area contributed by atoms with Crippen LogP contribution in [0.3, 0.4) is 0 Å². The van der Waals surface area contributed by atoms with Crippen LogP contribution in [0.1, 0.15) is 4.88 Å². The summed E-state index contributed by atoms with van der Waals surface area (Å²) in [7, 11) is 1.77. The molecule has 3 aromatic heterocycles. The van der Waals surface area contributed by atoms with Gasteiger partial charge in [0.25, 0.3) is 0 Å². The number of benzene rings is 3. The number of thiazole rings is 1. The summed E-state index contributed by atoms with van der Waals surface area (Å²) in [5, 5.41) is 4.49. The van der Waals surface area contributed by atoms with Crippen molar-refractivity contribution in [1.82, 2.24) is 4.98 Å². The lowest BCUT2D eigenvalue weighted by molar-refractivity contribution is 0.429. The van der Waals surface area contributed by atoms with Gasteiger partial charge in [0, 0.05) is 41.7 Å². The molecule has 0 aliphatic rings. The number of hydrogen-bond donors (Lipinski definition) is 0. The lowest BCUT2D eigenvalue weighted by Gasteiger charge is -2.07. The minimum atomic E-state index is 0.951. The highest BCUT2D eigenvalue weighted by molar-refractivity contribution is 7.24. The standard InChI is InChI=1S/C27H19NOS3/c1-16-24(28-26(30-16)17-10-4-3-5-11-17)25-22(18-12-6-8-14-20(18)31-25)23-19-13-7-9-15-21(19)32-27(23)29-2/h3-15H,1-2H3. The summed E-state index contributed by atoms with van der Waals surface area (Å²) in [6.45, 7) is 2.18. The molecule has 6 rings (SSSR count). The van der Waals surface area contributed by atoms with Crippen LogP contribution < -0.4 is 4.74 Å². The van der Waals surface area contributed by atoms with E-state index in [2.05, 4.69) is 79.7 Å². The van der Waals surface area contributed by atoms with Crippen molar-refractivity contribution in [2.75, 3.05) is 7.11 Å². The van der Waals surface area contributed by atoms with E-state index in [4.69, 9.17) is 9.72 Å². The van der Waals surface area contributed by atoms with Gasteiger partial charge in [0.15, 0.2) is 5.06 Å². The average Bonchev–Trinajstić information content (AvgIpc) is 3.51. The maximum absolute atomic E-state index is 5.90. The molecule has 156 valence electrons. The van der Waals surface area contributed by atoms with Crippen molar-refractivity contribution in [2.45, 2.75) is 6.92 Å². The third-order valence-corrected chi connectivity index (χ3v) is 8.96. The molecule has 0 unspecified atom stereocenters. The Hall–Kier alpha value is -2.99. The minimum absolute atomic E-state index is 0.951. The quantitative estimate of drug-likeness (QED) is 0.257. The van der Waals surface area contributed by atoms with Crippen molar-refractivity contribution in [1.29, 1.82) is 0 Å². The summed E-state index contributed by atoms with van der Waals surface area (Å²) in [4.78, 5) is 7.59. The lowest BCUT2D eigenvalue weighted by atomic mass is 9.99. The fourth-order valence-corrected chi connectivity index (χ4v) is 7.44. The molecule has 6 aromatic rings. The maximum atomic E-state index is 5.90. The first-order valence-electron chi connectivity index (χ1n) is 10.3. The van der Waals surface area contributed by atoms with Gasteiger partial charge in [-0.1, -0.05) is 78.1 Å². The number of ether oxygens (including phenoxy) is 1. The molecular weight excluding hydrogens is 451 g/mol. The van der Waals surface area contributed by atoms with E-state index in [-0.39, 0.29) is 0 Å². The van der Waals surface area contributed by atoms with Gasteiger partial charge in [-0.15, -0.1) is 22.7 Å². The molecule has 3 aromatic carbocycles. The summed E-state index contributed by atoms with van der Waals surface area (Å²) < 4.78 is 8.41. The second-order valence-electron chi connectivity index (χ2n) is 7.56. The Kier molecular flexibility index (Phi) is 4.83. The van der Waals surface area contributed by atoms with E-state index in [1.807, 2.05) is 17.4 Å². The van der Waals surface area contributed by atoms with Crippen LogP contribution in [-0.4, -0.2) is 12.1 Å². The van der Waals surface area contributed by atoms with Gasteiger partial charge in [0.05, 0.1) is 17.7 Å². The molecule has 0 aliphatic heterocycles. The van der Waals surface area contributed by atoms with E-state index in [0.717, 1.165) is 21.3 Å². The Labute approximate surface area is 198 Å². The second kappa shape index (κ2) is 7.85. The molecule has 0 bridgehead atoms. The van der Waals surface area contributed by atoms with E-state index >= 15 is 0 Å². The predicted octanol–water partition coefficient (Wildman–Crippen LogP) is 8.89.